The molecule has 0 unspecified atom stereocenters. The lowest BCUT2D eigenvalue weighted by Gasteiger charge is -2.13. The van der Waals surface area contributed by atoms with E-state index in [1.807, 2.05) is 30.3 Å². The van der Waals surface area contributed by atoms with Crippen LogP contribution in [0.3, 0.4) is 0 Å². The van der Waals surface area contributed by atoms with Crippen LogP contribution < -0.4 is 0 Å². The number of benzene rings is 1. The Morgan fingerprint density at radius 2 is 1.44 bits per heavy atom. The van der Waals surface area contributed by atoms with Gasteiger partial charge in [0, 0.05) is 5.56 Å². The summed E-state index contributed by atoms with van der Waals surface area (Å²) in [6.45, 7) is 11.7. The van der Waals surface area contributed by atoms with E-state index >= 15 is 0 Å². The molecule has 1 aromatic rings. The van der Waals surface area contributed by atoms with Gasteiger partial charge in [-0.3, -0.25) is 4.79 Å². The van der Waals surface area contributed by atoms with Crippen LogP contribution >= 0.6 is 0 Å². The van der Waals surface area contributed by atoms with Gasteiger partial charge in [0.15, 0.2) is 5.78 Å². The highest BCUT2D eigenvalue weighted by Gasteiger charge is 1.92. The first-order valence-corrected chi connectivity index (χ1v) is 5.93. The first-order chi connectivity index (χ1) is 7.65. The number of hydrogen-bond donors (Lipinski definition) is 0. The Balaban J connectivity index is 0.000000293. The van der Waals surface area contributed by atoms with Gasteiger partial charge in [0.1, 0.15) is 0 Å². The number of Topliss-reactive ketones (excluding diaryl/α,β-unsaturated/α-hetero) is 1. The lowest BCUT2D eigenvalue weighted by molar-refractivity contribution is 0.101. The van der Waals surface area contributed by atoms with Crippen molar-refractivity contribution in [1.82, 2.24) is 4.90 Å². The molecule has 0 saturated heterocycles. The minimum Gasteiger partial charge on any atom is -0.304 e. The molecule has 0 aliphatic carbocycles. The maximum Gasteiger partial charge on any atom is 0.159 e. The van der Waals surface area contributed by atoms with Gasteiger partial charge < -0.3 is 4.90 Å². The quantitative estimate of drug-likeness (QED) is 0.727. The summed E-state index contributed by atoms with van der Waals surface area (Å²) >= 11 is 0. The van der Waals surface area contributed by atoms with Crippen molar-refractivity contribution in [3.05, 3.63) is 35.9 Å². The summed E-state index contributed by atoms with van der Waals surface area (Å²) in [7, 11) is 0. The molecule has 90 valence electrons. The summed E-state index contributed by atoms with van der Waals surface area (Å²) in [5, 5.41) is 0. The molecule has 16 heavy (non-hydrogen) atoms. The van der Waals surface area contributed by atoms with Gasteiger partial charge in [-0.05, 0) is 26.6 Å². The maximum atomic E-state index is 10.6. The van der Waals surface area contributed by atoms with Crippen LogP contribution in [0, 0.1) is 0 Å². The zero-order valence-electron chi connectivity index (χ0n) is 10.9. The Morgan fingerprint density at radius 3 is 1.62 bits per heavy atom. The van der Waals surface area contributed by atoms with Crippen molar-refractivity contribution in [1.29, 1.82) is 0 Å². The number of carbonyl (C=O) groups excluding carboxylic acids is 1. The van der Waals surface area contributed by atoms with Gasteiger partial charge >= 0.3 is 0 Å². The molecule has 0 atom stereocenters. The predicted molar refractivity (Wildman–Crippen MR) is 69.9 cm³/mol. The first kappa shape index (κ1) is 14.8. The third kappa shape index (κ3) is 6.36. The largest absolute Gasteiger partial charge is 0.304 e. The number of carbonyl (C=O) groups is 1. The molecular formula is C14H23NO. The van der Waals surface area contributed by atoms with E-state index in [2.05, 4.69) is 25.7 Å². The van der Waals surface area contributed by atoms with Crippen LogP contribution in [0.15, 0.2) is 30.3 Å². The van der Waals surface area contributed by atoms with Gasteiger partial charge in [0.25, 0.3) is 0 Å². The van der Waals surface area contributed by atoms with Crippen molar-refractivity contribution in [2.45, 2.75) is 27.7 Å². The third-order valence-corrected chi connectivity index (χ3v) is 2.52. The Morgan fingerprint density at radius 1 is 1.00 bits per heavy atom. The summed E-state index contributed by atoms with van der Waals surface area (Å²) < 4.78 is 0. The molecule has 2 nitrogen and oxygen atoms in total. The topological polar surface area (TPSA) is 20.3 Å². The monoisotopic (exact) mass is 221 g/mol. The summed E-state index contributed by atoms with van der Waals surface area (Å²) in [4.78, 5) is 13.0. The van der Waals surface area contributed by atoms with Gasteiger partial charge in [0.2, 0.25) is 0 Å². The number of hydrogen-bond acceptors (Lipinski definition) is 2. The Kier molecular flexibility index (Phi) is 8.45. The second-order valence-electron chi connectivity index (χ2n) is 3.54. The summed E-state index contributed by atoms with van der Waals surface area (Å²) in [6, 6.07) is 9.23. The molecule has 0 fully saturated rings. The molecule has 0 aliphatic heterocycles. The fraction of sp³-hybridized carbons (Fsp3) is 0.500. The van der Waals surface area contributed by atoms with Gasteiger partial charge in [-0.25, -0.2) is 0 Å². The van der Waals surface area contributed by atoms with E-state index in [0.29, 0.717) is 0 Å². The lowest BCUT2D eigenvalue weighted by Crippen LogP contribution is -2.21. The molecule has 0 spiro atoms. The molecule has 0 aliphatic rings. The number of rotatable bonds is 4. The van der Waals surface area contributed by atoms with E-state index in [1.54, 1.807) is 6.92 Å². The van der Waals surface area contributed by atoms with E-state index < -0.39 is 0 Å². The molecule has 0 radical (unpaired) electrons. The zero-order chi connectivity index (χ0) is 12.4. The molecular weight excluding hydrogens is 198 g/mol. The lowest BCUT2D eigenvalue weighted by atomic mass is 10.2. The first-order valence-electron chi connectivity index (χ1n) is 5.93. The summed E-state index contributed by atoms with van der Waals surface area (Å²) in [6.07, 6.45) is 0. The van der Waals surface area contributed by atoms with Crippen LogP contribution in [0.25, 0.3) is 0 Å². The minimum absolute atomic E-state index is 0.121. The molecule has 0 bridgehead atoms. The number of ketones is 1. The van der Waals surface area contributed by atoms with E-state index in [4.69, 9.17) is 0 Å². The molecule has 1 aromatic carbocycles. The fourth-order valence-corrected chi connectivity index (χ4v) is 1.34. The minimum atomic E-state index is 0.121. The van der Waals surface area contributed by atoms with Crippen molar-refractivity contribution in [3.8, 4) is 0 Å². The SMILES string of the molecule is CC(=O)c1ccccc1.CCN(CC)CC. The highest BCUT2D eigenvalue weighted by Crippen LogP contribution is 1.97. The van der Waals surface area contributed by atoms with Crippen molar-refractivity contribution >= 4 is 5.78 Å². The normalized spacial score (nSPS) is 9.56. The van der Waals surface area contributed by atoms with E-state index in [0.717, 1.165) is 5.56 Å². The zero-order valence-corrected chi connectivity index (χ0v) is 10.9. The van der Waals surface area contributed by atoms with E-state index in [-0.39, 0.29) is 5.78 Å². The Bertz CT molecular complexity index is 273. The maximum absolute atomic E-state index is 10.6. The number of nitrogens with zero attached hydrogens (tertiary/aromatic N) is 1. The van der Waals surface area contributed by atoms with Crippen molar-refractivity contribution in [2.24, 2.45) is 0 Å². The van der Waals surface area contributed by atoms with Crippen LogP contribution in [0.1, 0.15) is 38.1 Å². The van der Waals surface area contributed by atoms with Crippen LogP contribution in [-0.4, -0.2) is 30.3 Å². The standard InChI is InChI=1S/C8H8O.C6H15N/c1-7(9)8-5-3-2-4-6-8;1-4-7(5-2)6-3/h2-6H,1H3;4-6H2,1-3H3. The average Bonchev–Trinajstić information content (AvgIpc) is 2.33. The van der Waals surface area contributed by atoms with Crippen molar-refractivity contribution < 1.29 is 4.79 Å². The van der Waals surface area contributed by atoms with E-state index in [9.17, 15) is 4.79 Å². The van der Waals surface area contributed by atoms with Crippen LogP contribution in [0.2, 0.25) is 0 Å². The fourth-order valence-electron chi connectivity index (χ4n) is 1.34. The molecule has 0 amide bonds. The van der Waals surface area contributed by atoms with Crippen LogP contribution in [-0.2, 0) is 0 Å². The van der Waals surface area contributed by atoms with E-state index in [1.165, 1.54) is 19.6 Å². The molecule has 1 rings (SSSR count). The molecule has 0 aromatic heterocycles. The molecule has 2 heteroatoms. The highest BCUT2D eigenvalue weighted by molar-refractivity contribution is 5.93. The molecule has 0 saturated carbocycles. The Labute approximate surface area is 99.3 Å². The van der Waals surface area contributed by atoms with Crippen LogP contribution in [0.5, 0.6) is 0 Å². The van der Waals surface area contributed by atoms with Crippen molar-refractivity contribution in [2.75, 3.05) is 19.6 Å². The average molecular weight is 221 g/mol. The van der Waals surface area contributed by atoms with Gasteiger partial charge in [-0.2, -0.15) is 0 Å². The second-order valence-corrected chi connectivity index (χ2v) is 3.54. The summed E-state index contributed by atoms with van der Waals surface area (Å²) in [5.41, 5.74) is 0.775. The molecule has 0 N–H and O–H groups in total. The van der Waals surface area contributed by atoms with Gasteiger partial charge in [0.05, 0.1) is 0 Å². The Hall–Kier alpha value is -1.15. The van der Waals surface area contributed by atoms with Gasteiger partial charge in [-0.15, -0.1) is 0 Å². The third-order valence-electron chi connectivity index (χ3n) is 2.52. The smallest absolute Gasteiger partial charge is 0.159 e. The summed E-state index contributed by atoms with van der Waals surface area (Å²) in [5.74, 6) is 0.121. The highest BCUT2D eigenvalue weighted by atomic mass is 16.1. The molecule has 0 heterocycles. The van der Waals surface area contributed by atoms with Crippen molar-refractivity contribution in [3.63, 3.8) is 0 Å². The van der Waals surface area contributed by atoms with Crippen LogP contribution in [0.4, 0.5) is 0 Å². The predicted octanol–water partition coefficient (Wildman–Crippen LogP) is 3.24. The van der Waals surface area contributed by atoms with Gasteiger partial charge in [-0.1, -0.05) is 51.1 Å². The second kappa shape index (κ2) is 9.10.